The van der Waals surface area contributed by atoms with E-state index in [0.29, 0.717) is 23.9 Å². The minimum atomic E-state index is -3.52. The Morgan fingerprint density at radius 2 is 1.71 bits per heavy atom. The molecule has 4 rings (SSSR count). The fraction of sp³-hybridized carbons (Fsp3) is 0.538. The molecule has 1 aliphatic carbocycles. The summed E-state index contributed by atoms with van der Waals surface area (Å²) in [7, 11) is -3.52. The minimum absolute atomic E-state index is 0.00123. The minimum Gasteiger partial charge on any atom is -0.328 e. The van der Waals surface area contributed by atoms with Crippen LogP contribution in [0.25, 0.3) is 0 Å². The summed E-state index contributed by atoms with van der Waals surface area (Å²) in [6.45, 7) is 7.59. The zero-order chi connectivity index (χ0) is 22.3. The number of hydrogen-bond acceptors (Lipinski definition) is 3. The SMILES string of the molecule is CC(C)(C)c1ccc(S(=O)(=O)N2CC[C@H]3C[C@@H](N)CC[C@]3(Cc3ccccc3)C2)cc1. The van der Waals surface area contributed by atoms with Crippen LogP contribution < -0.4 is 5.73 Å². The molecule has 3 atom stereocenters. The number of hydrogen-bond donors (Lipinski definition) is 1. The number of nitrogens with two attached hydrogens (primary N) is 1. The van der Waals surface area contributed by atoms with Gasteiger partial charge in [0, 0.05) is 19.1 Å². The summed E-state index contributed by atoms with van der Waals surface area (Å²) in [6.07, 6.45) is 4.77. The second-order valence-corrected chi connectivity index (χ2v) is 12.6. The molecule has 0 spiro atoms. The molecule has 2 aromatic carbocycles. The highest BCUT2D eigenvalue weighted by Crippen LogP contribution is 2.49. The molecular weight excluding hydrogens is 404 g/mol. The van der Waals surface area contributed by atoms with Gasteiger partial charge in [-0.25, -0.2) is 8.42 Å². The van der Waals surface area contributed by atoms with Crippen LogP contribution >= 0.6 is 0 Å². The zero-order valence-corrected chi connectivity index (χ0v) is 19.9. The molecule has 1 aliphatic heterocycles. The fourth-order valence-corrected chi connectivity index (χ4v) is 7.10. The van der Waals surface area contributed by atoms with Crippen LogP contribution in [0.3, 0.4) is 0 Å². The Kier molecular flexibility index (Phi) is 6.06. The first kappa shape index (κ1) is 22.5. The summed E-state index contributed by atoms with van der Waals surface area (Å²) in [5.74, 6) is 0.478. The van der Waals surface area contributed by atoms with Crippen molar-refractivity contribution in [3.8, 4) is 0 Å². The maximum atomic E-state index is 13.6. The molecular formula is C26H36N2O2S. The molecule has 1 saturated carbocycles. The largest absolute Gasteiger partial charge is 0.328 e. The quantitative estimate of drug-likeness (QED) is 0.747. The van der Waals surface area contributed by atoms with Crippen molar-refractivity contribution in [2.45, 2.75) is 69.2 Å². The highest BCUT2D eigenvalue weighted by atomic mass is 32.2. The van der Waals surface area contributed by atoms with Crippen LogP contribution in [-0.4, -0.2) is 31.9 Å². The summed E-state index contributed by atoms with van der Waals surface area (Å²) in [5, 5.41) is 0. The predicted octanol–water partition coefficient (Wildman–Crippen LogP) is 4.74. The Balaban J connectivity index is 1.62. The smallest absolute Gasteiger partial charge is 0.243 e. The van der Waals surface area contributed by atoms with Crippen molar-refractivity contribution >= 4 is 10.0 Å². The number of piperidine rings is 1. The van der Waals surface area contributed by atoms with Gasteiger partial charge in [-0.3, -0.25) is 0 Å². The molecule has 0 unspecified atom stereocenters. The lowest BCUT2D eigenvalue weighted by Crippen LogP contribution is -2.55. The van der Waals surface area contributed by atoms with Crippen molar-refractivity contribution in [1.29, 1.82) is 0 Å². The first-order chi connectivity index (χ1) is 14.6. The van der Waals surface area contributed by atoms with Gasteiger partial charge in [0.2, 0.25) is 10.0 Å². The molecule has 2 aliphatic rings. The average Bonchev–Trinajstić information content (AvgIpc) is 2.74. The van der Waals surface area contributed by atoms with Gasteiger partial charge in [-0.05, 0) is 72.1 Å². The summed E-state index contributed by atoms with van der Waals surface area (Å²) >= 11 is 0. The van der Waals surface area contributed by atoms with Crippen molar-refractivity contribution in [2.24, 2.45) is 17.1 Å². The van der Waals surface area contributed by atoms with Crippen molar-refractivity contribution < 1.29 is 8.42 Å². The predicted molar refractivity (Wildman–Crippen MR) is 126 cm³/mol. The van der Waals surface area contributed by atoms with Crippen molar-refractivity contribution in [1.82, 2.24) is 4.31 Å². The van der Waals surface area contributed by atoms with Gasteiger partial charge in [0.05, 0.1) is 4.90 Å². The third-order valence-electron chi connectivity index (χ3n) is 7.44. The molecule has 4 nitrogen and oxygen atoms in total. The van der Waals surface area contributed by atoms with Gasteiger partial charge < -0.3 is 5.73 Å². The van der Waals surface area contributed by atoms with Crippen LogP contribution in [0.1, 0.15) is 57.6 Å². The van der Waals surface area contributed by atoms with Crippen LogP contribution in [0.5, 0.6) is 0 Å². The van der Waals surface area contributed by atoms with E-state index in [-0.39, 0.29) is 16.9 Å². The van der Waals surface area contributed by atoms with E-state index in [1.165, 1.54) is 5.56 Å². The monoisotopic (exact) mass is 440 g/mol. The van der Waals surface area contributed by atoms with E-state index in [2.05, 4.69) is 45.0 Å². The molecule has 2 N–H and O–H groups in total. The molecule has 0 radical (unpaired) electrons. The molecule has 1 saturated heterocycles. The van der Waals surface area contributed by atoms with Gasteiger partial charge in [0.15, 0.2) is 0 Å². The van der Waals surface area contributed by atoms with Crippen molar-refractivity contribution in [3.63, 3.8) is 0 Å². The van der Waals surface area contributed by atoms with Crippen molar-refractivity contribution in [2.75, 3.05) is 13.1 Å². The van der Waals surface area contributed by atoms with Crippen LogP contribution in [0, 0.1) is 11.3 Å². The Morgan fingerprint density at radius 3 is 2.35 bits per heavy atom. The standard InChI is InChI=1S/C26H36N2O2S/c1-25(2,3)21-9-11-24(12-10-21)31(29,30)28-16-14-22-17-23(27)13-15-26(22,19-28)18-20-7-5-4-6-8-20/h4-12,22-23H,13-19,27H2,1-3H3/t22-,23-,26-/m0/s1. The van der Waals surface area contributed by atoms with Gasteiger partial charge in [0.25, 0.3) is 0 Å². The topological polar surface area (TPSA) is 63.4 Å². The number of fused-ring (bicyclic) bond motifs is 1. The van der Waals surface area contributed by atoms with Gasteiger partial charge in [-0.1, -0.05) is 63.2 Å². The molecule has 0 bridgehead atoms. The third-order valence-corrected chi connectivity index (χ3v) is 9.30. The number of benzene rings is 2. The Labute approximate surface area is 187 Å². The summed E-state index contributed by atoms with van der Waals surface area (Å²) in [5.41, 5.74) is 8.72. The van der Waals surface area contributed by atoms with E-state index >= 15 is 0 Å². The fourth-order valence-electron chi connectivity index (χ4n) is 5.54. The summed E-state index contributed by atoms with van der Waals surface area (Å²) < 4.78 is 28.9. The Morgan fingerprint density at radius 1 is 1.03 bits per heavy atom. The first-order valence-electron chi connectivity index (χ1n) is 11.5. The normalized spacial score (nSPS) is 27.6. The molecule has 1 heterocycles. The second kappa shape index (κ2) is 8.34. The molecule has 0 amide bonds. The molecule has 0 aromatic heterocycles. The Hall–Kier alpha value is -1.69. The Bertz CT molecular complexity index is 996. The van der Waals surface area contributed by atoms with Gasteiger partial charge in [-0.15, -0.1) is 0 Å². The molecule has 5 heteroatoms. The first-order valence-corrected chi connectivity index (χ1v) is 12.9. The van der Waals surface area contributed by atoms with Crippen LogP contribution in [0.15, 0.2) is 59.5 Å². The van der Waals surface area contributed by atoms with E-state index in [4.69, 9.17) is 5.73 Å². The van der Waals surface area contributed by atoms with E-state index < -0.39 is 10.0 Å². The highest BCUT2D eigenvalue weighted by Gasteiger charge is 2.48. The maximum absolute atomic E-state index is 13.6. The van der Waals surface area contributed by atoms with Gasteiger partial charge in [0.1, 0.15) is 0 Å². The lowest BCUT2D eigenvalue weighted by molar-refractivity contribution is 0.0188. The third kappa shape index (κ3) is 4.59. The molecule has 2 fully saturated rings. The van der Waals surface area contributed by atoms with E-state index in [1.54, 1.807) is 16.4 Å². The van der Waals surface area contributed by atoms with Gasteiger partial charge in [-0.2, -0.15) is 4.31 Å². The number of nitrogens with zero attached hydrogens (tertiary/aromatic N) is 1. The lowest BCUT2D eigenvalue weighted by Gasteiger charge is -2.52. The molecule has 31 heavy (non-hydrogen) atoms. The van der Waals surface area contributed by atoms with Crippen LogP contribution in [0.2, 0.25) is 0 Å². The second-order valence-electron chi connectivity index (χ2n) is 10.7. The van der Waals surface area contributed by atoms with Crippen molar-refractivity contribution in [3.05, 3.63) is 65.7 Å². The number of rotatable bonds is 4. The van der Waals surface area contributed by atoms with Gasteiger partial charge >= 0.3 is 0 Å². The zero-order valence-electron chi connectivity index (χ0n) is 19.0. The average molecular weight is 441 g/mol. The highest BCUT2D eigenvalue weighted by molar-refractivity contribution is 7.89. The van der Waals surface area contributed by atoms with E-state index in [1.807, 2.05) is 18.2 Å². The summed E-state index contributed by atoms with van der Waals surface area (Å²) in [6, 6.07) is 18.2. The maximum Gasteiger partial charge on any atom is 0.243 e. The summed E-state index contributed by atoms with van der Waals surface area (Å²) in [4.78, 5) is 0.404. The number of sulfonamides is 1. The van der Waals surface area contributed by atoms with E-state index in [0.717, 1.165) is 37.7 Å². The van der Waals surface area contributed by atoms with Crippen LogP contribution in [-0.2, 0) is 21.9 Å². The molecule has 2 aromatic rings. The van der Waals surface area contributed by atoms with E-state index in [9.17, 15) is 8.42 Å². The van der Waals surface area contributed by atoms with Crippen LogP contribution in [0.4, 0.5) is 0 Å². The molecule has 168 valence electrons. The lowest BCUT2D eigenvalue weighted by atomic mass is 9.60.